The van der Waals surface area contributed by atoms with Gasteiger partial charge < -0.3 is 15.1 Å². The zero-order valence-electron chi connectivity index (χ0n) is 19.3. The summed E-state index contributed by atoms with van der Waals surface area (Å²) in [5.74, 6) is 1.74. The molecule has 0 amide bonds. The van der Waals surface area contributed by atoms with Gasteiger partial charge in [-0.1, -0.05) is 39.0 Å². The highest BCUT2D eigenvalue weighted by Gasteiger charge is 2.21. The van der Waals surface area contributed by atoms with Crippen molar-refractivity contribution in [1.29, 1.82) is 0 Å². The number of nitrogens with one attached hydrogen (secondary N) is 1. The number of piperazine rings is 1. The number of sulfone groups is 1. The molecule has 2 aromatic rings. The van der Waals surface area contributed by atoms with Gasteiger partial charge in [-0.25, -0.2) is 13.4 Å². The maximum absolute atomic E-state index is 12.7. The number of benzene rings is 1. The second-order valence-electron chi connectivity index (χ2n) is 8.73. The van der Waals surface area contributed by atoms with E-state index >= 15 is 0 Å². The third kappa shape index (κ3) is 6.81. The van der Waals surface area contributed by atoms with Gasteiger partial charge in [0.1, 0.15) is 5.82 Å². The standard InChI is InChI=1S/C23H33N5O2S.HI/c1-23(2,3)19-8-10-20(11-9-19)31(29,30)18-13-26-22(24-4)28-16-14-27(15-17-28)21-7-5-6-12-25-21;/h5-12H,13-18H2,1-4H3,(H,24,26);1H. The number of rotatable bonds is 5. The lowest BCUT2D eigenvalue weighted by Crippen LogP contribution is -2.53. The van der Waals surface area contributed by atoms with Crippen LogP contribution in [0.25, 0.3) is 0 Å². The van der Waals surface area contributed by atoms with Crippen LogP contribution in [-0.2, 0) is 15.3 Å². The van der Waals surface area contributed by atoms with Crippen LogP contribution in [0.15, 0.2) is 58.5 Å². The maximum atomic E-state index is 12.7. The van der Waals surface area contributed by atoms with Crippen molar-refractivity contribution in [3.05, 3.63) is 54.2 Å². The molecule has 0 bridgehead atoms. The van der Waals surface area contributed by atoms with Gasteiger partial charge in [-0.3, -0.25) is 4.99 Å². The zero-order valence-corrected chi connectivity index (χ0v) is 22.4. The summed E-state index contributed by atoms with van der Waals surface area (Å²) in [6.45, 7) is 9.95. The number of hydrogen-bond acceptors (Lipinski definition) is 5. The number of pyridine rings is 1. The molecule has 1 aliphatic rings. The topological polar surface area (TPSA) is 77.9 Å². The van der Waals surface area contributed by atoms with Crippen LogP contribution in [0.5, 0.6) is 0 Å². The summed E-state index contributed by atoms with van der Waals surface area (Å²) in [6, 6.07) is 13.1. The smallest absolute Gasteiger partial charge is 0.193 e. The molecule has 1 aliphatic heterocycles. The van der Waals surface area contributed by atoms with E-state index in [1.165, 1.54) is 0 Å². The minimum Gasteiger partial charge on any atom is -0.355 e. The normalized spacial score (nSPS) is 15.3. The first-order chi connectivity index (χ1) is 14.7. The van der Waals surface area contributed by atoms with Crippen molar-refractivity contribution < 1.29 is 8.42 Å². The molecule has 1 fully saturated rings. The van der Waals surface area contributed by atoms with E-state index in [2.05, 4.69) is 45.9 Å². The Labute approximate surface area is 209 Å². The summed E-state index contributed by atoms with van der Waals surface area (Å²) in [4.78, 5) is 13.5. The van der Waals surface area contributed by atoms with Gasteiger partial charge in [0.05, 0.1) is 10.6 Å². The van der Waals surface area contributed by atoms with Crippen LogP contribution in [0.3, 0.4) is 0 Å². The lowest BCUT2D eigenvalue weighted by Gasteiger charge is -2.37. The van der Waals surface area contributed by atoms with Crippen molar-refractivity contribution in [3.63, 3.8) is 0 Å². The van der Waals surface area contributed by atoms with Crippen LogP contribution in [0.1, 0.15) is 26.3 Å². The molecule has 1 aromatic heterocycles. The summed E-state index contributed by atoms with van der Waals surface area (Å²) in [5, 5.41) is 3.22. The Bertz CT molecular complexity index is 981. The van der Waals surface area contributed by atoms with E-state index in [0.717, 1.165) is 43.5 Å². The molecule has 1 aromatic carbocycles. The summed E-state index contributed by atoms with van der Waals surface area (Å²) < 4.78 is 25.5. The lowest BCUT2D eigenvalue weighted by atomic mass is 9.87. The summed E-state index contributed by atoms with van der Waals surface area (Å²) >= 11 is 0. The average molecular weight is 572 g/mol. The number of hydrogen-bond donors (Lipinski definition) is 1. The van der Waals surface area contributed by atoms with Crippen molar-refractivity contribution in [2.45, 2.75) is 31.1 Å². The first-order valence-electron chi connectivity index (χ1n) is 10.7. The molecule has 3 rings (SSSR count). The molecule has 0 radical (unpaired) electrons. The summed E-state index contributed by atoms with van der Waals surface area (Å²) in [6.07, 6.45) is 1.80. The van der Waals surface area contributed by atoms with E-state index in [-0.39, 0.29) is 35.1 Å². The van der Waals surface area contributed by atoms with Gasteiger partial charge in [0, 0.05) is 46.0 Å². The van der Waals surface area contributed by atoms with E-state index in [1.54, 1.807) is 25.4 Å². The van der Waals surface area contributed by atoms with Gasteiger partial charge in [0.2, 0.25) is 0 Å². The van der Waals surface area contributed by atoms with Gasteiger partial charge in [0.25, 0.3) is 0 Å². The molecule has 0 saturated carbocycles. The minimum atomic E-state index is -3.35. The third-order valence-electron chi connectivity index (χ3n) is 5.50. The first kappa shape index (κ1) is 26.4. The Kier molecular flexibility index (Phi) is 9.32. The highest BCUT2D eigenvalue weighted by molar-refractivity contribution is 14.0. The highest BCUT2D eigenvalue weighted by Crippen LogP contribution is 2.23. The van der Waals surface area contributed by atoms with E-state index in [9.17, 15) is 8.42 Å². The predicted molar refractivity (Wildman–Crippen MR) is 142 cm³/mol. The number of nitrogens with zero attached hydrogens (tertiary/aromatic N) is 4. The fourth-order valence-corrected chi connectivity index (χ4v) is 4.76. The third-order valence-corrected chi connectivity index (χ3v) is 7.23. The molecule has 176 valence electrons. The van der Waals surface area contributed by atoms with E-state index in [0.29, 0.717) is 11.4 Å². The van der Waals surface area contributed by atoms with Gasteiger partial charge in [-0.05, 0) is 35.2 Å². The highest BCUT2D eigenvalue weighted by atomic mass is 127. The number of aliphatic imine (C=N–C) groups is 1. The maximum Gasteiger partial charge on any atom is 0.193 e. The molecule has 2 heterocycles. The Morgan fingerprint density at radius 3 is 2.25 bits per heavy atom. The van der Waals surface area contributed by atoms with Gasteiger partial charge in [-0.15, -0.1) is 24.0 Å². The molecule has 1 saturated heterocycles. The van der Waals surface area contributed by atoms with E-state index < -0.39 is 9.84 Å². The number of halogens is 1. The van der Waals surface area contributed by atoms with Crippen LogP contribution < -0.4 is 10.2 Å². The zero-order chi connectivity index (χ0) is 22.5. The Morgan fingerprint density at radius 1 is 1.06 bits per heavy atom. The molecule has 0 aliphatic carbocycles. The molecule has 7 nitrogen and oxygen atoms in total. The number of aromatic nitrogens is 1. The first-order valence-corrected chi connectivity index (χ1v) is 12.3. The van der Waals surface area contributed by atoms with Crippen LogP contribution in [0.2, 0.25) is 0 Å². The SMILES string of the molecule is CN=C(NCCS(=O)(=O)c1ccc(C(C)(C)C)cc1)N1CCN(c2ccccn2)CC1.I. The molecule has 0 unspecified atom stereocenters. The summed E-state index contributed by atoms with van der Waals surface area (Å²) in [7, 11) is -1.63. The van der Waals surface area contributed by atoms with Crippen LogP contribution in [0, 0.1) is 0 Å². The van der Waals surface area contributed by atoms with Crippen LogP contribution >= 0.6 is 24.0 Å². The predicted octanol–water partition coefficient (Wildman–Crippen LogP) is 3.17. The molecular formula is C23H34IN5O2S. The molecule has 1 N–H and O–H groups in total. The van der Waals surface area contributed by atoms with E-state index in [1.807, 2.05) is 30.3 Å². The van der Waals surface area contributed by atoms with Crippen LogP contribution in [0.4, 0.5) is 5.82 Å². The molecule has 9 heteroatoms. The second kappa shape index (κ2) is 11.3. The van der Waals surface area contributed by atoms with Crippen molar-refractivity contribution in [2.75, 3.05) is 50.4 Å². The van der Waals surface area contributed by atoms with Gasteiger partial charge in [-0.2, -0.15) is 0 Å². The molecule has 0 spiro atoms. The number of anilines is 1. The van der Waals surface area contributed by atoms with Crippen molar-refractivity contribution >= 4 is 45.6 Å². The van der Waals surface area contributed by atoms with Crippen molar-refractivity contribution in [2.24, 2.45) is 4.99 Å². The minimum absolute atomic E-state index is 0. The molecule has 32 heavy (non-hydrogen) atoms. The Balaban J connectivity index is 0.00000363. The largest absolute Gasteiger partial charge is 0.355 e. The quantitative estimate of drug-likeness (QED) is 0.338. The fourth-order valence-electron chi connectivity index (χ4n) is 3.60. The second-order valence-corrected chi connectivity index (χ2v) is 10.8. The van der Waals surface area contributed by atoms with Crippen LogP contribution in [-0.4, -0.2) is 69.8 Å². The monoisotopic (exact) mass is 571 g/mol. The van der Waals surface area contributed by atoms with Crippen molar-refractivity contribution in [1.82, 2.24) is 15.2 Å². The Hall–Kier alpha value is -1.88. The fraction of sp³-hybridized carbons (Fsp3) is 0.478. The summed E-state index contributed by atoms with van der Waals surface area (Å²) in [5.41, 5.74) is 1.12. The Morgan fingerprint density at radius 2 is 1.72 bits per heavy atom. The van der Waals surface area contributed by atoms with Gasteiger partial charge in [0.15, 0.2) is 15.8 Å². The van der Waals surface area contributed by atoms with E-state index in [4.69, 9.17) is 0 Å². The molecule has 0 atom stereocenters. The number of guanidine groups is 1. The molecular weight excluding hydrogens is 537 g/mol. The van der Waals surface area contributed by atoms with Crippen molar-refractivity contribution in [3.8, 4) is 0 Å². The van der Waals surface area contributed by atoms with Gasteiger partial charge >= 0.3 is 0 Å². The lowest BCUT2D eigenvalue weighted by molar-refractivity contribution is 0.372. The average Bonchev–Trinajstić information content (AvgIpc) is 2.77.